The molecule has 1 N–H and O–H groups in total. The molecule has 1 aromatic heterocycles. The molecule has 1 atom stereocenters. The second kappa shape index (κ2) is 7.41. The van der Waals surface area contributed by atoms with Crippen LogP contribution in [0.5, 0.6) is 0 Å². The lowest BCUT2D eigenvalue weighted by Crippen LogP contribution is -2.38. The first-order chi connectivity index (χ1) is 9.58. The van der Waals surface area contributed by atoms with Gasteiger partial charge in [0.1, 0.15) is 6.10 Å². The molecular weight excluding hydrogens is 340 g/mol. The van der Waals surface area contributed by atoms with Crippen LogP contribution in [0.15, 0.2) is 9.98 Å². The van der Waals surface area contributed by atoms with Gasteiger partial charge in [0.15, 0.2) is 0 Å². The van der Waals surface area contributed by atoms with E-state index in [9.17, 15) is 4.79 Å². The number of hydrogen-bond acceptors (Lipinski definition) is 4. The summed E-state index contributed by atoms with van der Waals surface area (Å²) in [6, 6.07) is 0.242. The Labute approximate surface area is 132 Å². The van der Waals surface area contributed by atoms with Gasteiger partial charge in [-0.3, -0.25) is 0 Å². The number of rotatable bonds is 4. The van der Waals surface area contributed by atoms with Gasteiger partial charge in [0.25, 0.3) is 0 Å². The Morgan fingerprint density at radius 2 is 2.25 bits per heavy atom. The van der Waals surface area contributed by atoms with Crippen molar-refractivity contribution in [2.75, 3.05) is 0 Å². The minimum absolute atomic E-state index is 0.0148. The quantitative estimate of drug-likeness (QED) is 0.862. The molecule has 0 spiro atoms. The highest BCUT2D eigenvalue weighted by molar-refractivity contribution is 9.11. The van der Waals surface area contributed by atoms with Crippen LogP contribution in [0, 0.1) is 0 Å². The van der Waals surface area contributed by atoms with Gasteiger partial charge in [0.05, 0.1) is 15.0 Å². The number of halogens is 1. The normalized spacial score (nSPS) is 24.1. The van der Waals surface area contributed by atoms with Gasteiger partial charge in [0.2, 0.25) is 0 Å². The topological polar surface area (TPSA) is 51.2 Å². The molecule has 20 heavy (non-hydrogen) atoms. The van der Waals surface area contributed by atoms with Gasteiger partial charge in [0, 0.05) is 12.0 Å². The molecule has 0 radical (unpaired) electrons. The Kier molecular flexibility index (Phi) is 5.84. The molecule has 1 aliphatic rings. The van der Waals surface area contributed by atoms with Crippen molar-refractivity contribution in [3.8, 4) is 0 Å². The number of carbonyl (C=O) groups excluding carboxylic acids is 1. The number of alkyl carbamates (subject to hydrolysis) is 1. The highest BCUT2D eigenvalue weighted by Crippen LogP contribution is 2.36. The molecule has 1 saturated carbocycles. The molecule has 0 aliphatic heterocycles. The monoisotopic (exact) mass is 360 g/mol. The number of amides is 1. The third-order valence-corrected chi connectivity index (χ3v) is 5.42. The van der Waals surface area contributed by atoms with Crippen molar-refractivity contribution in [1.82, 2.24) is 10.3 Å². The molecule has 1 heterocycles. The molecule has 0 bridgehead atoms. The summed E-state index contributed by atoms with van der Waals surface area (Å²) in [7, 11) is 0. The van der Waals surface area contributed by atoms with Crippen molar-refractivity contribution in [3.63, 3.8) is 0 Å². The Morgan fingerprint density at radius 3 is 2.80 bits per heavy atom. The first-order valence-electron chi connectivity index (χ1n) is 7.16. The standard InChI is InChI=1S/C14H21BrN2O2S/c1-3-9(2)19-14(18)17-11-6-4-10(5-7-11)13-16-8-12(15)20-13/h8-11H,3-7H2,1-2H3,(H,17,18). The largest absolute Gasteiger partial charge is 0.447 e. The summed E-state index contributed by atoms with van der Waals surface area (Å²) in [6.07, 6.45) is 6.57. The number of aromatic nitrogens is 1. The maximum atomic E-state index is 11.7. The molecule has 1 aromatic rings. The van der Waals surface area contributed by atoms with Crippen LogP contribution in [0.4, 0.5) is 4.79 Å². The van der Waals surface area contributed by atoms with E-state index in [-0.39, 0.29) is 18.2 Å². The number of nitrogens with zero attached hydrogens (tertiary/aromatic N) is 1. The predicted molar refractivity (Wildman–Crippen MR) is 84.2 cm³/mol. The van der Waals surface area contributed by atoms with Crippen molar-refractivity contribution < 1.29 is 9.53 Å². The van der Waals surface area contributed by atoms with Crippen LogP contribution in [-0.2, 0) is 4.74 Å². The third-order valence-electron chi connectivity index (χ3n) is 3.78. The fourth-order valence-electron chi connectivity index (χ4n) is 2.41. The zero-order chi connectivity index (χ0) is 14.5. The highest BCUT2D eigenvalue weighted by Gasteiger charge is 2.25. The second-order valence-electron chi connectivity index (χ2n) is 5.32. The van der Waals surface area contributed by atoms with Crippen molar-refractivity contribution in [2.45, 2.75) is 64.0 Å². The predicted octanol–water partition coefficient (Wildman–Crippen LogP) is 4.46. The lowest BCUT2D eigenvalue weighted by molar-refractivity contribution is 0.0993. The van der Waals surface area contributed by atoms with Crippen LogP contribution in [0.3, 0.4) is 0 Å². The Balaban J connectivity index is 1.75. The number of ether oxygens (including phenoxy) is 1. The molecule has 1 aliphatic carbocycles. The first kappa shape index (κ1) is 15.8. The number of thiazole rings is 1. The zero-order valence-corrected chi connectivity index (χ0v) is 14.3. The van der Waals surface area contributed by atoms with E-state index in [2.05, 4.69) is 26.2 Å². The van der Waals surface area contributed by atoms with Gasteiger partial charge in [-0.25, -0.2) is 9.78 Å². The Hall–Kier alpha value is -0.620. The van der Waals surface area contributed by atoms with Gasteiger partial charge in [-0.2, -0.15) is 0 Å². The summed E-state index contributed by atoms with van der Waals surface area (Å²) >= 11 is 5.17. The minimum Gasteiger partial charge on any atom is -0.447 e. The molecular formula is C14H21BrN2O2S. The van der Waals surface area contributed by atoms with E-state index in [0.29, 0.717) is 5.92 Å². The van der Waals surface area contributed by atoms with Gasteiger partial charge in [-0.05, 0) is 55.0 Å². The van der Waals surface area contributed by atoms with Crippen LogP contribution < -0.4 is 5.32 Å². The Morgan fingerprint density at radius 1 is 1.55 bits per heavy atom. The van der Waals surface area contributed by atoms with E-state index >= 15 is 0 Å². The summed E-state index contributed by atoms with van der Waals surface area (Å²) < 4.78 is 6.34. The lowest BCUT2D eigenvalue weighted by Gasteiger charge is -2.28. The van der Waals surface area contributed by atoms with Gasteiger partial charge in [-0.1, -0.05) is 6.92 Å². The summed E-state index contributed by atoms with van der Waals surface area (Å²) in [5.41, 5.74) is 0. The molecule has 0 aromatic carbocycles. The maximum Gasteiger partial charge on any atom is 0.407 e. The molecule has 2 rings (SSSR count). The van der Waals surface area contributed by atoms with Gasteiger partial charge in [-0.15, -0.1) is 11.3 Å². The summed E-state index contributed by atoms with van der Waals surface area (Å²) in [5, 5.41) is 4.18. The average Bonchev–Trinajstić information content (AvgIpc) is 2.86. The molecule has 4 nitrogen and oxygen atoms in total. The molecule has 112 valence electrons. The molecule has 0 saturated heterocycles. The van der Waals surface area contributed by atoms with Crippen molar-refractivity contribution in [2.24, 2.45) is 0 Å². The van der Waals surface area contributed by atoms with Gasteiger partial charge < -0.3 is 10.1 Å². The summed E-state index contributed by atoms with van der Waals surface area (Å²) in [4.78, 5) is 16.1. The SMILES string of the molecule is CCC(C)OC(=O)NC1CCC(c2ncc(Br)s2)CC1. The summed E-state index contributed by atoms with van der Waals surface area (Å²) in [5.74, 6) is 0.537. The van der Waals surface area contributed by atoms with Crippen molar-refractivity contribution in [1.29, 1.82) is 0 Å². The molecule has 1 amide bonds. The van der Waals surface area contributed by atoms with E-state index in [1.165, 1.54) is 5.01 Å². The van der Waals surface area contributed by atoms with Crippen LogP contribution in [0.1, 0.15) is 56.9 Å². The first-order valence-corrected chi connectivity index (χ1v) is 8.77. The maximum absolute atomic E-state index is 11.7. The zero-order valence-electron chi connectivity index (χ0n) is 11.9. The Bertz CT molecular complexity index is 444. The highest BCUT2D eigenvalue weighted by atomic mass is 79.9. The molecule has 1 fully saturated rings. The van der Waals surface area contributed by atoms with Crippen LogP contribution in [0.25, 0.3) is 0 Å². The smallest absolute Gasteiger partial charge is 0.407 e. The number of carbonyl (C=O) groups is 1. The van der Waals surface area contributed by atoms with Crippen molar-refractivity contribution >= 4 is 33.4 Å². The lowest BCUT2D eigenvalue weighted by atomic mass is 9.86. The van der Waals surface area contributed by atoms with E-state index < -0.39 is 0 Å². The second-order valence-corrected chi connectivity index (χ2v) is 7.76. The molecule has 6 heteroatoms. The van der Waals surface area contributed by atoms with Crippen LogP contribution in [-0.4, -0.2) is 23.2 Å². The fourth-order valence-corrected chi connectivity index (χ4v) is 3.82. The van der Waals surface area contributed by atoms with E-state index in [4.69, 9.17) is 4.74 Å². The van der Waals surface area contributed by atoms with E-state index in [0.717, 1.165) is 35.9 Å². The minimum atomic E-state index is -0.278. The van der Waals surface area contributed by atoms with Crippen LogP contribution >= 0.6 is 27.3 Å². The number of nitrogens with one attached hydrogen (secondary N) is 1. The van der Waals surface area contributed by atoms with E-state index in [1.54, 1.807) is 11.3 Å². The summed E-state index contributed by atoms with van der Waals surface area (Å²) in [6.45, 7) is 3.92. The van der Waals surface area contributed by atoms with E-state index in [1.807, 2.05) is 20.0 Å². The fraction of sp³-hybridized carbons (Fsp3) is 0.714. The van der Waals surface area contributed by atoms with Gasteiger partial charge >= 0.3 is 6.09 Å². The average molecular weight is 361 g/mol. The third kappa shape index (κ3) is 4.45. The molecule has 1 unspecified atom stereocenters. The number of hydrogen-bond donors (Lipinski definition) is 1. The van der Waals surface area contributed by atoms with Crippen LogP contribution in [0.2, 0.25) is 0 Å². The van der Waals surface area contributed by atoms with Crippen molar-refractivity contribution in [3.05, 3.63) is 15.0 Å².